The Morgan fingerprint density at radius 2 is 1.64 bits per heavy atom. The van der Waals surface area contributed by atoms with Crippen LogP contribution in [0.25, 0.3) is 0 Å². The van der Waals surface area contributed by atoms with E-state index in [0.29, 0.717) is 11.4 Å². The van der Waals surface area contributed by atoms with Crippen molar-refractivity contribution in [3.05, 3.63) is 99.5 Å². The molecule has 36 heavy (non-hydrogen) atoms. The summed E-state index contributed by atoms with van der Waals surface area (Å²) in [7, 11) is 0. The predicted octanol–water partition coefficient (Wildman–Crippen LogP) is 6.46. The molecular weight excluding hydrogens is 496 g/mol. The number of aryl methyl sites for hydroxylation is 1. The third-order valence-electron chi connectivity index (χ3n) is 5.53. The topological polar surface area (TPSA) is 75.7 Å². The van der Waals surface area contributed by atoms with Crippen molar-refractivity contribution in [3.63, 3.8) is 0 Å². The van der Waals surface area contributed by atoms with Crippen LogP contribution in [0.5, 0.6) is 0 Å². The first-order valence-corrected chi connectivity index (χ1v) is 12.8. The molecule has 0 unspecified atom stereocenters. The number of halogens is 1. The molecule has 6 nitrogen and oxygen atoms in total. The van der Waals surface area contributed by atoms with Crippen molar-refractivity contribution in [2.75, 3.05) is 16.8 Å². The molecule has 4 rings (SSSR count). The highest BCUT2D eigenvalue weighted by atomic mass is 35.5. The predicted molar refractivity (Wildman–Crippen MR) is 143 cm³/mol. The van der Waals surface area contributed by atoms with Crippen LogP contribution in [-0.2, 0) is 20.7 Å². The van der Waals surface area contributed by atoms with Crippen LogP contribution in [0.3, 0.4) is 0 Å². The number of para-hydroxylation sites is 2. The standard InChI is InChI=1S/C28H25ClN2O4S/c1-3-17-35-28(34)21-10-6-8-12-23(21)31-26(32)24(30-22-11-7-5-9-18(22)4-2)25(27(31)33)36-20-15-13-19(29)14-16-20/h5-16,30H,3-4,17H2,1-2H3. The third-order valence-corrected chi connectivity index (χ3v) is 6.88. The smallest absolute Gasteiger partial charge is 0.340 e. The van der Waals surface area contributed by atoms with Crippen molar-refractivity contribution in [1.29, 1.82) is 0 Å². The van der Waals surface area contributed by atoms with E-state index in [1.807, 2.05) is 38.1 Å². The second kappa shape index (κ2) is 11.5. The molecule has 0 aliphatic carbocycles. The zero-order valence-corrected chi connectivity index (χ0v) is 21.5. The Hall–Kier alpha value is -3.55. The summed E-state index contributed by atoms with van der Waals surface area (Å²) in [6.07, 6.45) is 1.40. The van der Waals surface area contributed by atoms with Gasteiger partial charge in [-0.3, -0.25) is 9.59 Å². The summed E-state index contributed by atoms with van der Waals surface area (Å²) in [5.41, 5.74) is 2.23. The molecule has 3 aromatic carbocycles. The Kier molecular flexibility index (Phi) is 8.13. The number of ether oxygens (including phenoxy) is 1. The SMILES string of the molecule is CCCOC(=O)c1ccccc1N1C(=O)C(Nc2ccccc2CC)=C(Sc2ccc(Cl)cc2)C1=O. The molecule has 0 atom stereocenters. The van der Waals surface area contributed by atoms with Crippen molar-refractivity contribution < 1.29 is 19.1 Å². The molecule has 184 valence electrons. The van der Waals surface area contributed by atoms with E-state index in [2.05, 4.69) is 5.32 Å². The van der Waals surface area contributed by atoms with E-state index in [-0.39, 0.29) is 28.5 Å². The van der Waals surface area contributed by atoms with E-state index in [1.165, 1.54) is 11.8 Å². The Balaban J connectivity index is 1.77. The van der Waals surface area contributed by atoms with Crippen LogP contribution in [0, 0.1) is 0 Å². The molecule has 3 aromatic rings. The molecule has 0 saturated carbocycles. The number of hydrogen-bond acceptors (Lipinski definition) is 6. The summed E-state index contributed by atoms with van der Waals surface area (Å²) in [5.74, 6) is -1.65. The Bertz CT molecular complexity index is 1340. The molecule has 8 heteroatoms. The first-order valence-electron chi connectivity index (χ1n) is 11.6. The maximum absolute atomic E-state index is 13.8. The van der Waals surface area contributed by atoms with Gasteiger partial charge in [0.15, 0.2) is 0 Å². The molecule has 0 bridgehead atoms. The Morgan fingerprint density at radius 3 is 2.36 bits per heavy atom. The second-order valence-electron chi connectivity index (χ2n) is 7.99. The van der Waals surface area contributed by atoms with Gasteiger partial charge >= 0.3 is 5.97 Å². The van der Waals surface area contributed by atoms with Crippen molar-refractivity contribution in [1.82, 2.24) is 0 Å². The van der Waals surface area contributed by atoms with E-state index in [0.717, 1.165) is 27.5 Å². The van der Waals surface area contributed by atoms with Gasteiger partial charge in [-0.1, -0.05) is 67.5 Å². The fraction of sp³-hybridized carbons (Fsp3) is 0.179. The second-order valence-corrected chi connectivity index (χ2v) is 9.51. The minimum Gasteiger partial charge on any atom is -0.462 e. The molecule has 2 amide bonds. The molecule has 0 fully saturated rings. The van der Waals surface area contributed by atoms with Gasteiger partial charge in [0.05, 0.1) is 17.9 Å². The summed E-state index contributed by atoms with van der Waals surface area (Å²) >= 11 is 7.20. The average molecular weight is 521 g/mol. The minimum absolute atomic E-state index is 0.151. The van der Waals surface area contributed by atoms with Gasteiger partial charge < -0.3 is 10.1 Å². The lowest BCUT2D eigenvalue weighted by Crippen LogP contribution is -2.34. The summed E-state index contributed by atoms with van der Waals surface area (Å²) < 4.78 is 5.30. The van der Waals surface area contributed by atoms with E-state index in [4.69, 9.17) is 16.3 Å². The summed E-state index contributed by atoms with van der Waals surface area (Å²) in [5, 5.41) is 3.78. The van der Waals surface area contributed by atoms with E-state index < -0.39 is 17.8 Å². The van der Waals surface area contributed by atoms with Crippen LogP contribution in [0.15, 0.2) is 88.3 Å². The Morgan fingerprint density at radius 1 is 0.944 bits per heavy atom. The van der Waals surface area contributed by atoms with Gasteiger partial charge in [0.1, 0.15) is 10.6 Å². The number of hydrogen-bond donors (Lipinski definition) is 1. The van der Waals surface area contributed by atoms with E-state index >= 15 is 0 Å². The van der Waals surface area contributed by atoms with Crippen LogP contribution >= 0.6 is 23.4 Å². The maximum Gasteiger partial charge on any atom is 0.340 e. The number of thioether (sulfide) groups is 1. The van der Waals surface area contributed by atoms with Crippen molar-refractivity contribution in [2.24, 2.45) is 0 Å². The number of carbonyl (C=O) groups is 3. The van der Waals surface area contributed by atoms with Crippen molar-refractivity contribution in [3.8, 4) is 0 Å². The van der Waals surface area contributed by atoms with Crippen LogP contribution in [-0.4, -0.2) is 24.4 Å². The first kappa shape index (κ1) is 25.5. The Labute approximate surface area is 219 Å². The van der Waals surface area contributed by atoms with Gasteiger partial charge in [0.25, 0.3) is 11.8 Å². The molecule has 0 radical (unpaired) electrons. The number of nitrogens with zero attached hydrogens (tertiary/aromatic N) is 1. The van der Waals surface area contributed by atoms with Gasteiger partial charge in [-0.2, -0.15) is 0 Å². The molecular formula is C28H25ClN2O4S. The largest absolute Gasteiger partial charge is 0.462 e. The minimum atomic E-state index is -0.585. The van der Waals surface area contributed by atoms with Crippen LogP contribution in [0.2, 0.25) is 5.02 Å². The number of nitrogens with one attached hydrogen (secondary N) is 1. The summed E-state index contributed by atoms with van der Waals surface area (Å²) in [6.45, 7) is 4.15. The quantitative estimate of drug-likeness (QED) is 0.258. The van der Waals surface area contributed by atoms with Gasteiger partial charge in [-0.05, 0) is 60.9 Å². The average Bonchev–Trinajstić information content (AvgIpc) is 3.12. The third kappa shape index (κ3) is 5.32. The van der Waals surface area contributed by atoms with E-state index in [1.54, 1.807) is 48.5 Å². The van der Waals surface area contributed by atoms with Gasteiger partial charge in [0.2, 0.25) is 0 Å². The monoisotopic (exact) mass is 520 g/mol. The van der Waals surface area contributed by atoms with Gasteiger partial charge in [-0.25, -0.2) is 9.69 Å². The number of esters is 1. The van der Waals surface area contributed by atoms with Crippen LogP contribution in [0.1, 0.15) is 36.2 Å². The zero-order valence-electron chi connectivity index (χ0n) is 19.9. The highest BCUT2D eigenvalue weighted by Gasteiger charge is 2.42. The van der Waals surface area contributed by atoms with Crippen molar-refractivity contribution >= 4 is 52.5 Å². The van der Waals surface area contributed by atoms with Gasteiger partial charge in [0, 0.05) is 15.6 Å². The zero-order chi connectivity index (χ0) is 25.7. The molecule has 1 N–H and O–H groups in total. The maximum atomic E-state index is 13.8. The highest BCUT2D eigenvalue weighted by Crippen LogP contribution is 2.39. The summed E-state index contributed by atoms with van der Waals surface area (Å²) in [6, 6.07) is 21.1. The number of imide groups is 1. The van der Waals surface area contributed by atoms with Crippen molar-refractivity contribution in [2.45, 2.75) is 31.6 Å². The summed E-state index contributed by atoms with van der Waals surface area (Å²) in [4.78, 5) is 42.3. The number of anilines is 2. The molecule has 1 heterocycles. The lowest BCUT2D eigenvalue weighted by molar-refractivity contribution is -0.120. The molecule has 0 spiro atoms. The lowest BCUT2D eigenvalue weighted by atomic mass is 10.1. The number of rotatable bonds is 9. The first-order chi connectivity index (χ1) is 17.4. The fourth-order valence-corrected chi connectivity index (χ4v) is 4.81. The molecule has 1 aliphatic heterocycles. The van der Waals surface area contributed by atoms with E-state index in [9.17, 15) is 14.4 Å². The molecule has 1 aliphatic rings. The van der Waals surface area contributed by atoms with Crippen LogP contribution in [0.4, 0.5) is 11.4 Å². The number of benzene rings is 3. The molecule has 0 aromatic heterocycles. The fourth-order valence-electron chi connectivity index (χ4n) is 3.75. The number of amides is 2. The number of carbonyl (C=O) groups excluding carboxylic acids is 3. The van der Waals surface area contributed by atoms with Crippen LogP contribution < -0.4 is 10.2 Å². The molecule has 0 saturated heterocycles. The highest BCUT2D eigenvalue weighted by molar-refractivity contribution is 8.04. The lowest BCUT2D eigenvalue weighted by Gasteiger charge is -2.18. The normalized spacial score (nSPS) is 13.4. The van der Waals surface area contributed by atoms with Gasteiger partial charge in [-0.15, -0.1) is 0 Å².